The normalized spacial score (nSPS) is 33.9. The molecule has 0 unspecified atom stereocenters. The summed E-state index contributed by atoms with van der Waals surface area (Å²) in [6.45, 7) is 3.01. The monoisotopic (exact) mass is 282 g/mol. The number of ether oxygens (including phenoxy) is 4. The van der Waals surface area contributed by atoms with E-state index in [1.165, 1.54) is 14.2 Å². The van der Waals surface area contributed by atoms with Gasteiger partial charge in [-0.1, -0.05) is 6.92 Å². The van der Waals surface area contributed by atoms with Crippen LogP contribution in [-0.2, 0) is 28.5 Å². The van der Waals surface area contributed by atoms with Gasteiger partial charge in [-0.15, -0.1) is 0 Å². The first-order chi connectivity index (χ1) is 9.56. The zero-order valence-corrected chi connectivity index (χ0v) is 11.8. The fourth-order valence-electron chi connectivity index (χ4n) is 3.94. The van der Waals surface area contributed by atoms with Crippen molar-refractivity contribution in [3.8, 4) is 0 Å². The van der Waals surface area contributed by atoms with Crippen molar-refractivity contribution in [3.63, 3.8) is 0 Å². The Labute approximate surface area is 117 Å². The number of fused-ring (bicyclic) bond motifs is 3. The zero-order chi connectivity index (χ0) is 14.5. The van der Waals surface area contributed by atoms with Crippen LogP contribution >= 0.6 is 0 Å². The molecule has 1 saturated carbocycles. The highest BCUT2D eigenvalue weighted by Crippen LogP contribution is 2.60. The third-order valence-electron chi connectivity index (χ3n) is 4.77. The molecule has 0 radical (unpaired) electrons. The Morgan fingerprint density at radius 2 is 1.65 bits per heavy atom. The van der Waals surface area contributed by atoms with Gasteiger partial charge in [0, 0.05) is 17.8 Å². The van der Waals surface area contributed by atoms with E-state index in [9.17, 15) is 9.59 Å². The van der Waals surface area contributed by atoms with E-state index in [0.29, 0.717) is 30.8 Å². The molecule has 20 heavy (non-hydrogen) atoms. The molecule has 0 amide bonds. The van der Waals surface area contributed by atoms with E-state index < -0.39 is 17.7 Å². The van der Waals surface area contributed by atoms with Gasteiger partial charge in [-0.25, -0.2) is 9.59 Å². The van der Waals surface area contributed by atoms with Crippen LogP contribution in [0.25, 0.3) is 0 Å². The molecule has 1 aliphatic heterocycles. The average molecular weight is 282 g/mol. The van der Waals surface area contributed by atoms with E-state index in [1.807, 2.05) is 6.92 Å². The van der Waals surface area contributed by atoms with E-state index >= 15 is 0 Å². The van der Waals surface area contributed by atoms with Gasteiger partial charge in [0.1, 0.15) is 0 Å². The van der Waals surface area contributed by atoms with Gasteiger partial charge in [0.2, 0.25) is 0 Å². The van der Waals surface area contributed by atoms with Crippen molar-refractivity contribution in [2.24, 2.45) is 17.8 Å². The van der Waals surface area contributed by atoms with Crippen LogP contribution in [0.1, 0.15) is 13.3 Å². The summed E-state index contributed by atoms with van der Waals surface area (Å²) in [5.41, 5.74) is 0.797. The van der Waals surface area contributed by atoms with Crippen molar-refractivity contribution in [2.45, 2.75) is 19.1 Å². The van der Waals surface area contributed by atoms with E-state index in [1.54, 1.807) is 0 Å². The molecule has 6 heteroatoms. The lowest BCUT2D eigenvalue weighted by Gasteiger charge is -2.38. The van der Waals surface area contributed by atoms with Crippen molar-refractivity contribution in [2.75, 3.05) is 27.4 Å². The molecular weight excluding hydrogens is 264 g/mol. The van der Waals surface area contributed by atoms with Crippen LogP contribution in [-0.4, -0.2) is 45.2 Å². The Hall–Kier alpha value is -1.40. The van der Waals surface area contributed by atoms with Gasteiger partial charge in [-0.05, 0) is 6.42 Å². The van der Waals surface area contributed by atoms with Crippen LogP contribution in [0.2, 0.25) is 0 Å². The minimum atomic E-state index is -0.786. The van der Waals surface area contributed by atoms with Gasteiger partial charge >= 0.3 is 11.9 Å². The Kier molecular flexibility index (Phi) is 3.10. The molecule has 3 aliphatic rings. The molecule has 1 saturated heterocycles. The maximum absolute atomic E-state index is 12.1. The van der Waals surface area contributed by atoms with Crippen molar-refractivity contribution in [3.05, 3.63) is 11.1 Å². The van der Waals surface area contributed by atoms with Gasteiger partial charge in [0.05, 0.1) is 38.6 Å². The molecular formula is C14H18O6. The lowest BCUT2D eigenvalue weighted by atomic mass is 9.79. The predicted octanol–water partition coefficient (Wildman–Crippen LogP) is 0.658. The molecule has 6 nitrogen and oxygen atoms in total. The van der Waals surface area contributed by atoms with Crippen LogP contribution in [0.3, 0.4) is 0 Å². The van der Waals surface area contributed by atoms with E-state index in [2.05, 4.69) is 0 Å². The summed E-state index contributed by atoms with van der Waals surface area (Å²) in [6, 6.07) is 0. The van der Waals surface area contributed by atoms with E-state index in [4.69, 9.17) is 18.9 Å². The summed E-state index contributed by atoms with van der Waals surface area (Å²) in [5.74, 6) is -2.07. The lowest BCUT2D eigenvalue weighted by Crippen LogP contribution is -2.46. The first-order valence-electron chi connectivity index (χ1n) is 6.75. The number of methoxy groups -OCH3 is 2. The second-order valence-electron chi connectivity index (χ2n) is 5.41. The second kappa shape index (κ2) is 4.56. The molecule has 2 fully saturated rings. The fraction of sp³-hybridized carbons (Fsp3) is 0.714. The number of carbonyl (C=O) groups excluding carboxylic acids is 2. The van der Waals surface area contributed by atoms with Gasteiger partial charge < -0.3 is 18.9 Å². The van der Waals surface area contributed by atoms with Crippen molar-refractivity contribution in [1.82, 2.24) is 0 Å². The molecule has 0 aromatic heterocycles. The van der Waals surface area contributed by atoms with Crippen LogP contribution in [0.4, 0.5) is 0 Å². The molecule has 110 valence electrons. The first-order valence-corrected chi connectivity index (χ1v) is 6.75. The van der Waals surface area contributed by atoms with Crippen LogP contribution in [0.15, 0.2) is 11.1 Å². The van der Waals surface area contributed by atoms with Crippen LogP contribution in [0, 0.1) is 17.8 Å². The highest BCUT2D eigenvalue weighted by atomic mass is 16.7. The number of rotatable bonds is 2. The summed E-state index contributed by atoms with van der Waals surface area (Å²) in [4.78, 5) is 24.1. The van der Waals surface area contributed by atoms with Crippen LogP contribution in [0.5, 0.6) is 0 Å². The zero-order valence-electron chi connectivity index (χ0n) is 11.8. The number of esters is 2. The topological polar surface area (TPSA) is 71.1 Å². The predicted molar refractivity (Wildman–Crippen MR) is 66.5 cm³/mol. The minimum Gasteiger partial charge on any atom is -0.466 e. The van der Waals surface area contributed by atoms with Crippen LogP contribution < -0.4 is 0 Å². The summed E-state index contributed by atoms with van der Waals surface area (Å²) in [7, 11) is 2.63. The van der Waals surface area contributed by atoms with Crippen molar-refractivity contribution < 1.29 is 28.5 Å². The van der Waals surface area contributed by atoms with Crippen molar-refractivity contribution in [1.29, 1.82) is 0 Å². The minimum absolute atomic E-state index is 0.0116. The summed E-state index contributed by atoms with van der Waals surface area (Å²) in [6.07, 6.45) is 0.663. The van der Waals surface area contributed by atoms with Gasteiger partial charge in [0.25, 0.3) is 0 Å². The SMILES string of the molecule is COC(=O)C1=C(C(=O)OC)[C@@H]2C[C@H]1C1(OCCO1)[C@@H]2C. The molecule has 2 bridgehead atoms. The average Bonchev–Trinajstić information content (AvgIpc) is 3.14. The largest absolute Gasteiger partial charge is 0.466 e. The Morgan fingerprint density at radius 3 is 2.20 bits per heavy atom. The number of hydrogen-bond acceptors (Lipinski definition) is 6. The lowest BCUT2D eigenvalue weighted by molar-refractivity contribution is -0.206. The molecule has 2 aliphatic carbocycles. The Morgan fingerprint density at radius 1 is 1.10 bits per heavy atom. The van der Waals surface area contributed by atoms with Gasteiger partial charge in [-0.2, -0.15) is 0 Å². The van der Waals surface area contributed by atoms with Gasteiger partial charge in [0.15, 0.2) is 5.79 Å². The molecule has 0 N–H and O–H groups in total. The maximum Gasteiger partial charge on any atom is 0.334 e. The third kappa shape index (κ3) is 1.52. The molecule has 0 aromatic rings. The fourth-order valence-corrected chi connectivity index (χ4v) is 3.94. The smallest absolute Gasteiger partial charge is 0.334 e. The first kappa shape index (κ1) is 13.6. The Balaban J connectivity index is 2.09. The standard InChI is InChI=1S/C14H18O6/c1-7-8-6-9(14(7)19-4-5-20-14)11(13(16)18-3)10(8)12(15)17-2/h7-9H,4-6H2,1-3H3/t7-,8-,9-/m1/s1. The van der Waals surface area contributed by atoms with Gasteiger partial charge in [-0.3, -0.25) is 0 Å². The number of hydrogen-bond donors (Lipinski definition) is 0. The molecule has 3 atom stereocenters. The van der Waals surface area contributed by atoms with E-state index in [-0.39, 0.29) is 17.8 Å². The summed E-state index contributed by atoms with van der Waals surface area (Å²) < 4.78 is 21.3. The second-order valence-corrected chi connectivity index (χ2v) is 5.41. The molecule has 0 aromatic carbocycles. The third-order valence-corrected chi connectivity index (χ3v) is 4.77. The summed E-state index contributed by atoms with van der Waals surface area (Å²) >= 11 is 0. The van der Waals surface area contributed by atoms with E-state index in [0.717, 1.165) is 0 Å². The molecule has 1 heterocycles. The Bertz CT molecular complexity index is 488. The highest BCUT2D eigenvalue weighted by Gasteiger charge is 2.66. The highest BCUT2D eigenvalue weighted by molar-refractivity contribution is 6.02. The molecule has 1 spiro atoms. The quantitative estimate of drug-likeness (QED) is 0.693. The number of carbonyl (C=O) groups is 2. The maximum atomic E-state index is 12.1. The summed E-state index contributed by atoms with van der Waals surface area (Å²) in [5, 5.41) is 0. The molecule has 3 rings (SSSR count). The van der Waals surface area contributed by atoms with Crippen molar-refractivity contribution >= 4 is 11.9 Å².